The molecule has 0 saturated heterocycles. The van der Waals surface area contributed by atoms with E-state index in [9.17, 15) is 4.79 Å². The summed E-state index contributed by atoms with van der Waals surface area (Å²) in [4.78, 5) is 14.4. The summed E-state index contributed by atoms with van der Waals surface area (Å²) in [5.41, 5.74) is 5.86. The van der Waals surface area contributed by atoms with Gasteiger partial charge in [0.2, 0.25) is 7.98 Å². The van der Waals surface area contributed by atoms with Crippen molar-refractivity contribution in [1.29, 1.82) is 0 Å². The maximum absolute atomic E-state index is 10.7. The zero-order valence-corrected chi connectivity index (χ0v) is 6.24. The predicted octanol–water partition coefficient (Wildman–Crippen LogP) is -0.131. The van der Waals surface area contributed by atoms with Gasteiger partial charge in [0.25, 0.3) is 0 Å². The maximum Gasteiger partial charge on any atom is 0.306 e. The molecule has 0 spiro atoms. The number of nitrogen functional groups attached to an aromatic ring is 1. The second kappa shape index (κ2) is 3.61. The molecule has 0 aliphatic rings. The number of nitrogens with one attached hydrogen (secondary N) is 2. The lowest BCUT2D eigenvalue weighted by molar-refractivity contribution is 0.257. The smallest absolute Gasteiger partial charge is 0.306 e. The van der Waals surface area contributed by atoms with Crippen LogP contribution in [0.5, 0.6) is 0 Å². The van der Waals surface area contributed by atoms with Gasteiger partial charge in [0.05, 0.1) is 11.9 Å². The Labute approximate surface area is 70.8 Å². The SMILES string of the molecule is [B]NC(=O)Nc1ccc(N)nc1. The van der Waals surface area contributed by atoms with Gasteiger partial charge >= 0.3 is 6.03 Å². The quantitative estimate of drug-likeness (QED) is 0.503. The average molecular weight is 162 g/mol. The maximum atomic E-state index is 10.7. The summed E-state index contributed by atoms with van der Waals surface area (Å²) in [6.07, 6.45) is 1.44. The van der Waals surface area contributed by atoms with Gasteiger partial charge in [0.15, 0.2) is 0 Å². The van der Waals surface area contributed by atoms with E-state index in [0.29, 0.717) is 11.5 Å². The minimum absolute atomic E-state index is 0.397. The van der Waals surface area contributed by atoms with Crippen LogP contribution < -0.4 is 16.3 Å². The highest BCUT2D eigenvalue weighted by molar-refractivity contribution is 6.16. The molecule has 0 aliphatic carbocycles. The molecule has 1 heterocycles. The number of aromatic nitrogens is 1. The minimum atomic E-state index is -0.499. The molecule has 0 saturated carbocycles. The Morgan fingerprint density at radius 3 is 2.83 bits per heavy atom. The molecule has 12 heavy (non-hydrogen) atoms. The molecule has 1 rings (SSSR count). The van der Waals surface area contributed by atoms with E-state index >= 15 is 0 Å². The summed E-state index contributed by atoms with van der Waals surface area (Å²) in [6.45, 7) is 0. The Morgan fingerprint density at radius 1 is 1.58 bits per heavy atom. The van der Waals surface area contributed by atoms with Gasteiger partial charge in [-0.25, -0.2) is 9.78 Å². The van der Waals surface area contributed by atoms with Crippen LogP contribution in [0.1, 0.15) is 0 Å². The largest absolute Gasteiger partial charge is 0.391 e. The normalized spacial score (nSPS) is 9.00. The van der Waals surface area contributed by atoms with Gasteiger partial charge in [-0.3, -0.25) is 0 Å². The lowest BCUT2D eigenvalue weighted by atomic mass is 10.4. The minimum Gasteiger partial charge on any atom is -0.391 e. The van der Waals surface area contributed by atoms with Crippen molar-refractivity contribution < 1.29 is 4.79 Å². The van der Waals surface area contributed by atoms with Crippen molar-refractivity contribution in [1.82, 2.24) is 10.2 Å². The molecule has 0 bridgehead atoms. The number of rotatable bonds is 1. The lowest BCUT2D eigenvalue weighted by Gasteiger charge is -2.02. The van der Waals surface area contributed by atoms with Crippen LogP contribution >= 0.6 is 0 Å². The molecule has 0 fully saturated rings. The first-order valence-electron chi connectivity index (χ1n) is 3.21. The molecule has 1 aromatic heterocycles. The number of hydrogen-bond acceptors (Lipinski definition) is 3. The molecule has 2 amide bonds. The van der Waals surface area contributed by atoms with E-state index < -0.39 is 6.03 Å². The highest BCUT2D eigenvalue weighted by atomic mass is 16.2. The van der Waals surface area contributed by atoms with Crippen LogP contribution in [0.4, 0.5) is 16.3 Å². The number of nitrogens with two attached hydrogens (primary N) is 1. The van der Waals surface area contributed by atoms with Crippen molar-refractivity contribution in [2.24, 2.45) is 0 Å². The molecular weight excluding hydrogens is 155 g/mol. The van der Waals surface area contributed by atoms with Gasteiger partial charge in [-0.2, -0.15) is 0 Å². The molecule has 5 nitrogen and oxygen atoms in total. The van der Waals surface area contributed by atoms with Gasteiger partial charge in [-0.05, 0) is 12.1 Å². The van der Waals surface area contributed by atoms with Crippen LogP contribution in [0.3, 0.4) is 0 Å². The standard InChI is InChI=1S/C6H7BN4O/c7-11-6(12)10-4-1-2-5(8)9-3-4/h1-3H,(H2,8,9)(H2,10,11,12). The first-order valence-corrected chi connectivity index (χ1v) is 3.21. The Bertz CT molecular complexity index is 273. The fourth-order valence-corrected chi connectivity index (χ4v) is 0.646. The Morgan fingerprint density at radius 2 is 2.33 bits per heavy atom. The molecule has 0 aromatic carbocycles. The molecule has 0 aliphatic heterocycles. The monoisotopic (exact) mass is 162 g/mol. The zero-order valence-electron chi connectivity index (χ0n) is 6.24. The second-order valence-electron chi connectivity index (χ2n) is 2.07. The Kier molecular flexibility index (Phi) is 2.52. The predicted molar refractivity (Wildman–Crippen MR) is 46.6 cm³/mol. The summed E-state index contributed by atoms with van der Waals surface area (Å²) in [5, 5.41) is 4.34. The third-order valence-corrected chi connectivity index (χ3v) is 1.18. The first-order chi connectivity index (χ1) is 5.72. The fourth-order valence-electron chi connectivity index (χ4n) is 0.646. The van der Waals surface area contributed by atoms with E-state index in [0.717, 1.165) is 0 Å². The highest BCUT2D eigenvalue weighted by Gasteiger charge is 1.96. The number of nitrogens with zero attached hydrogens (tertiary/aromatic N) is 1. The van der Waals surface area contributed by atoms with Crippen LogP contribution in [0, 0.1) is 0 Å². The van der Waals surface area contributed by atoms with Crippen molar-refractivity contribution in [3.8, 4) is 0 Å². The van der Waals surface area contributed by atoms with Crippen LogP contribution in [0.25, 0.3) is 0 Å². The summed E-state index contributed by atoms with van der Waals surface area (Å²) >= 11 is 0. The molecule has 0 unspecified atom stereocenters. The van der Waals surface area contributed by atoms with Gasteiger partial charge in [-0.1, -0.05) is 0 Å². The van der Waals surface area contributed by atoms with Crippen molar-refractivity contribution in [3.63, 3.8) is 0 Å². The third kappa shape index (κ3) is 2.15. The van der Waals surface area contributed by atoms with E-state index in [2.05, 4.69) is 10.3 Å². The third-order valence-electron chi connectivity index (χ3n) is 1.18. The summed E-state index contributed by atoms with van der Waals surface area (Å²) in [5.74, 6) is 0.397. The number of urea groups is 1. The molecule has 0 atom stereocenters. The molecule has 60 valence electrons. The van der Waals surface area contributed by atoms with E-state index in [1.54, 1.807) is 12.1 Å². The van der Waals surface area contributed by atoms with Crippen molar-refractivity contribution in [2.45, 2.75) is 0 Å². The van der Waals surface area contributed by atoms with E-state index in [-0.39, 0.29) is 0 Å². The molecule has 1 aromatic rings. The average Bonchev–Trinajstić information content (AvgIpc) is 2.09. The number of carbonyl (C=O) groups is 1. The van der Waals surface area contributed by atoms with Crippen LogP contribution in [0.2, 0.25) is 0 Å². The van der Waals surface area contributed by atoms with Gasteiger partial charge < -0.3 is 16.3 Å². The molecular formula is C6H7BN4O. The van der Waals surface area contributed by atoms with Crippen molar-refractivity contribution in [3.05, 3.63) is 18.3 Å². The van der Waals surface area contributed by atoms with Crippen LogP contribution in [-0.2, 0) is 0 Å². The second-order valence-corrected chi connectivity index (χ2v) is 2.07. The number of anilines is 2. The molecule has 6 heteroatoms. The van der Waals surface area contributed by atoms with Crippen LogP contribution in [-0.4, -0.2) is 19.0 Å². The van der Waals surface area contributed by atoms with Crippen molar-refractivity contribution >= 4 is 25.5 Å². The summed E-state index contributed by atoms with van der Waals surface area (Å²) < 4.78 is 0. The lowest BCUT2D eigenvalue weighted by Crippen LogP contribution is -2.25. The zero-order chi connectivity index (χ0) is 8.97. The number of amides is 2. The summed E-state index contributed by atoms with van der Waals surface area (Å²) in [7, 11) is 4.84. The number of pyridine rings is 1. The van der Waals surface area contributed by atoms with Crippen molar-refractivity contribution in [2.75, 3.05) is 11.1 Å². The Hall–Kier alpha value is -1.72. The van der Waals surface area contributed by atoms with E-state index in [1.165, 1.54) is 6.20 Å². The number of hydrogen-bond donors (Lipinski definition) is 3. The topological polar surface area (TPSA) is 80.0 Å². The fraction of sp³-hybridized carbons (Fsp3) is 0. The number of carbonyl (C=O) groups excluding carboxylic acids is 1. The molecule has 2 radical (unpaired) electrons. The van der Waals surface area contributed by atoms with E-state index in [1.807, 2.05) is 5.23 Å². The van der Waals surface area contributed by atoms with Gasteiger partial charge in [0, 0.05) is 0 Å². The van der Waals surface area contributed by atoms with Crippen LogP contribution in [0.15, 0.2) is 18.3 Å². The van der Waals surface area contributed by atoms with Gasteiger partial charge in [0.1, 0.15) is 5.82 Å². The summed E-state index contributed by atoms with van der Waals surface area (Å²) in [6, 6.07) is 2.70. The Balaban J connectivity index is 2.64. The van der Waals surface area contributed by atoms with Gasteiger partial charge in [-0.15, -0.1) is 0 Å². The molecule has 4 N–H and O–H groups in total. The first kappa shape index (κ1) is 8.38. The highest BCUT2D eigenvalue weighted by Crippen LogP contribution is 2.05. The van der Waals surface area contributed by atoms with E-state index in [4.69, 9.17) is 13.7 Å².